The summed E-state index contributed by atoms with van der Waals surface area (Å²) >= 11 is 0. The molecule has 0 aliphatic heterocycles. The summed E-state index contributed by atoms with van der Waals surface area (Å²) < 4.78 is 21.7. The number of hydrogen-bond donors (Lipinski definition) is 2. The summed E-state index contributed by atoms with van der Waals surface area (Å²) in [7, 11) is -10.7. The van der Waals surface area contributed by atoms with Crippen molar-refractivity contribution in [3.8, 4) is 0 Å². The zero-order valence-electron chi connectivity index (χ0n) is 21.2. The summed E-state index contributed by atoms with van der Waals surface area (Å²) in [6.45, 7) is 0. The van der Waals surface area contributed by atoms with Gasteiger partial charge in [-0.05, 0) is 24.3 Å². The van der Waals surface area contributed by atoms with Gasteiger partial charge in [-0.15, -0.1) is 0 Å². The number of aromatic nitrogens is 4. The number of rotatable bonds is 2. The fourth-order valence-corrected chi connectivity index (χ4v) is 4.53. The SMILES string of the molecule is O.O.O.O.O=P([O-])(O)OP(=O)([O-])O.[Co+2].c1cnc2c(c1)ccc1cccnc12.c1cnc2c(c1)ccc1cccnc12. The number of fused-ring (bicyclic) bond motifs is 6. The third kappa shape index (κ3) is 11.2. The topological polar surface area (TPSA) is 308 Å². The Morgan fingerprint density at radius 2 is 0.714 bits per heavy atom. The van der Waals surface area contributed by atoms with Gasteiger partial charge < -0.3 is 41.5 Å². The maximum Gasteiger partial charge on any atom is 2.00 e. The van der Waals surface area contributed by atoms with E-state index in [2.05, 4.69) is 72.8 Å². The Bertz CT molecular complexity index is 1560. The second-order valence-electron chi connectivity index (χ2n) is 7.45. The minimum absolute atomic E-state index is 0. The molecule has 15 nitrogen and oxygen atoms in total. The molecule has 0 fully saturated rings. The monoisotopic (exact) mass is 667 g/mol. The molecule has 4 aromatic heterocycles. The average molecular weight is 667 g/mol. The van der Waals surface area contributed by atoms with Crippen molar-refractivity contribution in [2.24, 2.45) is 0 Å². The second kappa shape index (κ2) is 17.6. The standard InChI is InChI=1S/2C12H8N2.Co.H4O7P2.4H2O/c2*1-3-9-5-6-10-4-2-8-14-12(10)11(9)13-7-1;;1-8(2,3)7-9(4,5)6;;;;/h2*1-8H;;(H2,1,2,3)(H2,4,5,6);4*1H2/q;;+2;;;;;/p-2. The molecule has 0 saturated carbocycles. The molecule has 18 heteroatoms. The fourth-order valence-electron chi connectivity index (χ4n) is 3.49. The molecule has 0 amide bonds. The molecule has 0 spiro atoms. The average Bonchev–Trinajstić information content (AvgIpc) is 2.87. The molecule has 10 N–H and O–H groups in total. The zero-order valence-corrected chi connectivity index (χ0v) is 24.0. The van der Waals surface area contributed by atoms with Crippen molar-refractivity contribution in [3.63, 3.8) is 0 Å². The van der Waals surface area contributed by atoms with Gasteiger partial charge in [-0.3, -0.25) is 29.1 Å². The first-order valence-corrected chi connectivity index (χ1v) is 13.6. The first-order chi connectivity index (χ1) is 17.6. The predicted octanol–water partition coefficient (Wildman–Crippen LogP) is 0.189. The van der Waals surface area contributed by atoms with Crippen LogP contribution < -0.4 is 9.79 Å². The zero-order chi connectivity index (χ0) is 26.5. The Balaban J connectivity index is 0. The Labute approximate surface area is 248 Å². The van der Waals surface area contributed by atoms with Crippen LogP contribution >= 0.6 is 15.6 Å². The van der Waals surface area contributed by atoms with Crippen LogP contribution in [0.4, 0.5) is 0 Å². The van der Waals surface area contributed by atoms with Crippen LogP contribution in [-0.2, 0) is 30.2 Å². The predicted molar refractivity (Wildman–Crippen MR) is 149 cm³/mol. The largest absolute Gasteiger partial charge is 2.00 e. The summed E-state index contributed by atoms with van der Waals surface area (Å²) in [5, 5.41) is 4.55. The Morgan fingerprint density at radius 1 is 0.500 bits per heavy atom. The molecule has 0 aliphatic rings. The fraction of sp³-hybridized carbons (Fsp3) is 0. The molecule has 0 saturated heterocycles. The Kier molecular flexibility index (Phi) is 17.1. The van der Waals surface area contributed by atoms with E-state index in [0.29, 0.717) is 0 Å². The Hall–Kier alpha value is -3.31. The van der Waals surface area contributed by atoms with E-state index in [4.69, 9.17) is 9.79 Å². The van der Waals surface area contributed by atoms with E-state index in [-0.39, 0.29) is 38.7 Å². The summed E-state index contributed by atoms with van der Waals surface area (Å²) in [6, 6.07) is 24.3. The quantitative estimate of drug-likeness (QED) is 0.185. The van der Waals surface area contributed by atoms with Gasteiger partial charge in [-0.1, -0.05) is 48.5 Å². The minimum Gasteiger partial charge on any atom is -0.756 e. The van der Waals surface area contributed by atoms with Crippen LogP contribution in [0.25, 0.3) is 43.6 Å². The second-order valence-corrected chi connectivity index (χ2v) is 9.98. The van der Waals surface area contributed by atoms with Crippen LogP contribution in [0.15, 0.2) is 97.6 Å². The van der Waals surface area contributed by atoms with Crippen LogP contribution in [0, 0.1) is 0 Å². The number of phosphoric acid groups is 2. The minimum atomic E-state index is -5.36. The van der Waals surface area contributed by atoms with Gasteiger partial charge in [0.25, 0.3) is 15.6 Å². The summed E-state index contributed by atoms with van der Waals surface area (Å²) in [6.07, 6.45) is 7.21. The van der Waals surface area contributed by atoms with E-state index in [1.807, 2.05) is 24.3 Å². The molecule has 2 unspecified atom stereocenters. The van der Waals surface area contributed by atoms with Crippen LogP contribution in [-0.4, -0.2) is 51.6 Å². The molecular weight excluding hydrogens is 641 g/mol. The normalized spacial score (nSPS) is 12.5. The van der Waals surface area contributed by atoms with Gasteiger partial charge >= 0.3 is 16.8 Å². The summed E-state index contributed by atoms with van der Waals surface area (Å²) in [4.78, 5) is 51.5. The third-order valence-corrected chi connectivity index (χ3v) is 6.55. The molecule has 2 aromatic carbocycles. The van der Waals surface area contributed by atoms with Crippen LogP contribution in [0.5, 0.6) is 0 Å². The maximum atomic E-state index is 9.48. The third-order valence-electron chi connectivity index (χ3n) is 4.90. The molecule has 0 bridgehead atoms. The van der Waals surface area contributed by atoms with Gasteiger partial charge in [-0.2, -0.15) is 0 Å². The Morgan fingerprint density at radius 3 is 0.881 bits per heavy atom. The van der Waals surface area contributed by atoms with E-state index in [0.717, 1.165) is 43.6 Å². The number of hydrogen-bond acceptors (Lipinski definition) is 9. The van der Waals surface area contributed by atoms with E-state index < -0.39 is 15.6 Å². The van der Waals surface area contributed by atoms with Crippen molar-refractivity contribution >= 4 is 59.3 Å². The van der Waals surface area contributed by atoms with Gasteiger partial charge in [0.15, 0.2) is 0 Å². The van der Waals surface area contributed by atoms with Crippen molar-refractivity contribution in [1.29, 1.82) is 0 Å². The van der Waals surface area contributed by atoms with Gasteiger partial charge in [0.1, 0.15) is 0 Å². The van der Waals surface area contributed by atoms with Crippen molar-refractivity contribution in [2.75, 3.05) is 0 Å². The van der Waals surface area contributed by atoms with E-state index in [1.165, 1.54) is 0 Å². The van der Waals surface area contributed by atoms with Gasteiger partial charge in [-0.25, -0.2) is 4.31 Å². The van der Waals surface area contributed by atoms with Crippen LogP contribution in [0.1, 0.15) is 0 Å². The number of benzene rings is 2. The van der Waals surface area contributed by atoms with Crippen LogP contribution in [0.2, 0.25) is 0 Å². The molecule has 6 aromatic rings. The van der Waals surface area contributed by atoms with Gasteiger partial charge in [0.2, 0.25) is 0 Å². The van der Waals surface area contributed by atoms with Crippen molar-refractivity contribution in [3.05, 3.63) is 97.6 Å². The molecule has 2 atom stereocenters. The molecule has 42 heavy (non-hydrogen) atoms. The molecule has 1 radical (unpaired) electrons. The maximum absolute atomic E-state index is 9.48. The first kappa shape index (κ1) is 40.8. The van der Waals surface area contributed by atoms with Crippen molar-refractivity contribution in [2.45, 2.75) is 0 Å². The van der Waals surface area contributed by atoms with E-state index in [9.17, 15) is 18.9 Å². The summed E-state index contributed by atoms with van der Waals surface area (Å²) in [5.41, 5.74) is 3.91. The molecule has 6 rings (SSSR count). The molecular formula is C24H26CoN4O11P2. The van der Waals surface area contributed by atoms with Crippen LogP contribution in [0.3, 0.4) is 0 Å². The number of pyridine rings is 4. The molecule has 0 aliphatic carbocycles. The molecule has 4 heterocycles. The number of nitrogens with zero attached hydrogens (tertiary/aromatic N) is 4. The smallest absolute Gasteiger partial charge is 0.756 e. The van der Waals surface area contributed by atoms with E-state index >= 15 is 0 Å². The molecule has 227 valence electrons. The van der Waals surface area contributed by atoms with E-state index in [1.54, 1.807) is 24.8 Å². The van der Waals surface area contributed by atoms with Gasteiger partial charge in [0, 0.05) is 46.3 Å². The summed E-state index contributed by atoms with van der Waals surface area (Å²) in [5.74, 6) is 0. The van der Waals surface area contributed by atoms with Gasteiger partial charge in [0.05, 0.1) is 22.1 Å². The van der Waals surface area contributed by atoms with Crippen molar-refractivity contribution in [1.82, 2.24) is 19.9 Å². The van der Waals surface area contributed by atoms with Crippen molar-refractivity contribution < 1.29 is 71.7 Å². The first-order valence-electron chi connectivity index (χ1n) is 10.6.